The number of aromatic nitrogens is 2. The number of nitrogens with zero attached hydrogens (tertiary/aromatic N) is 2. The molecule has 3 aromatic carbocycles. The van der Waals surface area contributed by atoms with Crippen molar-refractivity contribution in [3.8, 4) is 16.9 Å². The monoisotopic (exact) mass is 407 g/mol. The number of rotatable bonds is 5. The SMILES string of the molecule is O=C(NCc1ccc(F)cc1)c1cc(-c2ccc(F)cc2)nn1-c1ccc(F)cc1. The van der Waals surface area contributed by atoms with Gasteiger partial charge < -0.3 is 5.32 Å². The highest BCUT2D eigenvalue weighted by molar-refractivity contribution is 5.94. The van der Waals surface area contributed by atoms with Gasteiger partial charge in [0.15, 0.2) is 0 Å². The number of nitrogens with one attached hydrogen (secondary N) is 1. The Hall–Kier alpha value is -3.87. The molecule has 0 aliphatic carbocycles. The summed E-state index contributed by atoms with van der Waals surface area (Å²) in [5.41, 5.74) is 2.55. The lowest BCUT2D eigenvalue weighted by Gasteiger charge is -2.08. The minimum atomic E-state index is -0.412. The van der Waals surface area contributed by atoms with Crippen LogP contribution in [0.2, 0.25) is 0 Å². The van der Waals surface area contributed by atoms with Crippen molar-refractivity contribution in [3.63, 3.8) is 0 Å². The molecule has 0 saturated heterocycles. The van der Waals surface area contributed by atoms with Gasteiger partial charge in [-0.1, -0.05) is 12.1 Å². The number of benzene rings is 3. The standard InChI is InChI=1S/C23H16F3N3O/c24-17-5-1-15(2-6-17)14-27-23(30)22-13-21(16-3-7-18(25)8-4-16)28-29(22)20-11-9-19(26)10-12-20/h1-13H,14H2,(H,27,30). The Balaban J connectivity index is 1.67. The average Bonchev–Trinajstić information content (AvgIpc) is 3.20. The summed E-state index contributed by atoms with van der Waals surface area (Å²) in [5.74, 6) is -1.56. The van der Waals surface area contributed by atoms with Gasteiger partial charge in [-0.15, -0.1) is 0 Å². The minimum absolute atomic E-state index is 0.194. The van der Waals surface area contributed by atoms with Crippen molar-refractivity contribution in [2.24, 2.45) is 0 Å². The van der Waals surface area contributed by atoms with E-state index in [1.807, 2.05) is 0 Å². The fourth-order valence-corrected chi connectivity index (χ4v) is 2.96. The number of halogens is 3. The van der Waals surface area contributed by atoms with Gasteiger partial charge in [0.25, 0.3) is 5.91 Å². The van der Waals surface area contributed by atoms with Crippen LogP contribution in [-0.4, -0.2) is 15.7 Å². The molecule has 30 heavy (non-hydrogen) atoms. The van der Waals surface area contributed by atoms with Crippen molar-refractivity contribution in [1.29, 1.82) is 0 Å². The van der Waals surface area contributed by atoms with E-state index < -0.39 is 11.7 Å². The van der Waals surface area contributed by atoms with Gasteiger partial charge in [-0.25, -0.2) is 17.9 Å². The Morgan fingerprint density at radius 3 is 1.93 bits per heavy atom. The minimum Gasteiger partial charge on any atom is -0.347 e. The van der Waals surface area contributed by atoms with Gasteiger partial charge in [0, 0.05) is 12.1 Å². The molecule has 0 spiro atoms. The molecular weight excluding hydrogens is 391 g/mol. The third kappa shape index (κ3) is 4.25. The number of carbonyl (C=O) groups excluding carboxylic acids is 1. The Labute approximate surface area is 170 Å². The van der Waals surface area contributed by atoms with E-state index in [0.29, 0.717) is 16.9 Å². The molecule has 0 aliphatic heterocycles. The van der Waals surface area contributed by atoms with Crippen molar-refractivity contribution in [1.82, 2.24) is 15.1 Å². The van der Waals surface area contributed by atoms with Crippen molar-refractivity contribution in [2.75, 3.05) is 0 Å². The normalized spacial score (nSPS) is 10.8. The fourth-order valence-electron chi connectivity index (χ4n) is 2.96. The van der Waals surface area contributed by atoms with Gasteiger partial charge in [0.1, 0.15) is 23.1 Å². The first-order chi connectivity index (χ1) is 14.5. The van der Waals surface area contributed by atoms with Crippen LogP contribution in [0.4, 0.5) is 13.2 Å². The first-order valence-electron chi connectivity index (χ1n) is 9.14. The molecule has 0 bridgehead atoms. The van der Waals surface area contributed by atoms with Gasteiger partial charge in [0.2, 0.25) is 0 Å². The maximum Gasteiger partial charge on any atom is 0.270 e. The summed E-state index contributed by atoms with van der Waals surface area (Å²) in [6.07, 6.45) is 0. The quantitative estimate of drug-likeness (QED) is 0.512. The van der Waals surface area contributed by atoms with E-state index in [0.717, 1.165) is 5.56 Å². The number of hydrogen-bond acceptors (Lipinski definition) is 2. The van der Waals surface area contributed by atoms with E-state index >= 15 is 0 Å². The van der Waals surface area contributed by atoms with Crippen LogP contribution < -0.4 is 5.32 Å². The topological polar surface area (TPSA) is 46.9 Å². The Morgan fingerprint density at radius 2 is 1.33 bits per heavy atom. The molecule has 0 saturated carbocycles. The maximum absolute atomic E-state index is 13.3. The molecule has 1 amide bonds. The largest absolute Gasteiger partial charge is 0.347 e. The second-order valence-corrected chi connectivity index (χ2v) is 6.62. The van der Waals surface area contributed by atoms with E-state index in [-0.39, 0.29) is 23.9 Å². The van der Waals surface area contributed by atoms with Gasteiger partial charge >= 0.3 is 0 Å². The van der Waals surface area contributed by atoms with Crippen LogP contribution in [0.3, 0.4) is 0 Å². The van der Waals surface area contributed by atoms with Crippen molar-refractivity contribution in [3.05, 3.63) is 108 Å². The van der Waals surface area contributed by atoms with Gasteiger partial charge in [-0.3, -0.25) is 4.79 Å². The molecule has 1 N–H and O–H groups in total. The molecular formula is C23H16F3N3O. The summed E-state index contributed by atoms with van der Waals surface area (Å²) >= 11 is 0. The van der Waals surface area contributed by atoms with Crippen molar-refractivity contribution in [2.45, 2.75) is 6.54 Å². The molecule has 4 rings (SSSR count). The van der Waals surface area contributed by atoms with E-state index in [1.54, 1.807) is 30.3 Å². The zero-order valence-electron chi connectivity index (χ0n) is 15.6. The summed E-state index contributed by atoms with van der Waals surface area (Å²) in [7, 11) is 0. The highest BCUT2D eigenvalue weighted by atomic mass is 19.1. The van der Waals surface area contributed by atoms with Crippen LogP contribution in [0, 0.1) is 17.5 Å². The molecule has 4 aromatic rings. The van der Waals surface area contributed by atoms with Crippen LogP contribution >= 0.6 is 0 Å². The molecule has 0 radical (unpaired) electrons. The third-order valence-corrected chi connectivity index (χ3v) is 4.52. The van der Waals surface area contributed by atoms with Crippen LogP contribution in [0.1, 0.15) is 16.1 Å². The lowest BCUT2D eigenvalue weighted by atomic mass is 10.1. The summed E-state index contributed by atoms with van der Waals surface area (Å²) in [5, 5.41) is 7.23. The second-order valence-electron chi connectivity index (χ2n) is 6.62. The summed E-state index contributed by atoms with van der Waals surface area (Å²) in [4.78, 5) is 12.9. The van der Waals surface area contributed by atoms with Gasteiger partial charge in [0.05, 0.1) is 11.4 Å². The van der Waals surface area contributed by atoms with Crippen molar-refractivity contribution >= 4 is 5.91 Å². The number of amides is 1. The van der Waals surface area contributed by atoms with Crippen molar-refractivity contribution < 1.29 is 18.0 Å². The lowest BCUT2D eigenvalue weighted by Crippen LogP contribution is -2.25. The molecule has 1 heterocycles. The molecule has 0 aliphatic rings. The smallest absolute Gasteiger partial charge is 0.270 e. The fraction of sp³-hybridized carbons (Fsp3) is 0.0435. The summed E-state index contributed by atoms with van der Waals surface area (Å²) in [6, 6.07) is 18.7. The lowest BCUT2D eigenvalue weighted by molar-refractivity contribution is 0.0943. The number of carbonyl (C=O) groups is 1. The highest BCUT2D eigenvalue weighted by Crippen LogP contribution is 2.22. The molecule has 4 nitrogen and oxygen atoms in total. The average molecular weight is 407 g/mol. The highest BCUT2D eigenvalue weighted by Gasteiger charge is 2.18. The van der Waals surface area contributed by atoms with E-state index in [9.17, 15) is 18.0 Å². The Kier molecular flexibility index (Phi) is 5.34. The van der Waals surface area contributed by atoms with E-state index in [1.165, 1.54) is 53.2 Å². The molecule has 7 heteroatoms. The second kappa shape index (κ2) is 8.24. The molecule has 1 aromatic heterocycles. The number of hydrogen-bond donors (Lipinski definition) is 1. The maximum atomic E-state index is 13.3. The molecule has 150 valence electrons. The first-order valence-corrected chi connectivity index (χ1v) is 9.14. The zero-order chi connectivity index (χ0) is 21.1. The van der Waals surface area contributed by atoms with E-state index in [4.69, 9.17) is 0 Å². The first kappa shape index (κ1) is 19.4. The predicted octanol–water partition coefficient (Wildman–Crippen LogP) is 4.89. The molecule has 0 unspecified atom stereocenters. The Morgan fingerprint density at radius 1 is 0.800 bits per heavy atom. The van der Waals surface area contributed by atoms with Crippen LogP contribution in [0.5, 0.6) is 0 Å². The molecule has 0 atom stereocenters. The third-order valence-electron chi connectivity index (χ3n) is 4.52. The van der Waals surface area contributed by atoms with Gasteiger partial charge in [-0.05, 0) is 72.3 Å². The van der Waals surface area contributed by atoms with Crippen LogP contribution in [-0.2, 0) is 6.54 Å². The predicted molar refractivity (Wildman–Crippen MR) is 106 cm³/mol. The summed E-state index contributed by atoms with van der Waals surface area (Å²) in [6.45, 7) is 0.194. The van der Waals surface area contributed by atoms with Gasteiger partial charge in [-0.2, -0.15) is 5.10 Å². The van der Waals surface area contributed by atoms with E-state index in [2.05, 4.69) is 10.4 Å². The van der Waals surface area contributed by atoms with Crippen LogP contribution in [0.15, 0.2) is 78.9 Å². The Bertz CT molecular complexity index is 1170. The zero-order valence-corrected chi connectivity index (χ0v) is 15.6. The van der Waals surface area contributed by atoms with Crippen LogP contribution in [0.25, 0.3) is 16.9 Å². The molecule has 0 fully saturated rings. The summed E-state index contributed by atoms with van der Waals surface area (Å²) < 4.78 is 41.1.